The second kappa shape index (κ2) is 7.58. The van der Waals surface area contributed by atoms with Crippen molar-refractivity contribution in [2.75, 3.05) is 11.4 Å². The van der Waals surface area contributed by atoms with Gasteiger partial charge in [-0.3, -0.25) is 4.79 Å². The molecule has 2 aromatic heterocycles. The average molecular weight is 429 g/mol. The standard InChI is InChI=1S/C25H28N6O/c1-16-9-7-11-18-15-19(24(32)26-21(16)18)22(23-27-28-29-31(23)25(2,3)4)30-14-8-12-17-10-5-6-13-20(17)30/h5-7,9-11,13,15,22H,8,12,14H2,1-4H3,(H,26,32). The molecule has 0 fully saturated rings. The van der Waals surface area contributed by atoms with Crippen molar-refractivity contribution in [1.29, 1.82) is 0 Å². The number of benzene rings is 2. The van der Waals surface area contributed by atoms with E-state index in [9.17, 15) is 4.79 Å². The Morgan fingerprint density at radius 1 is 1.09 bits per heavy atom. The van der Waals surface area contributed by atoms with Gasteiger partial charge in [-0.25, -0.2) is 4.68 Å². The Labute approximate surface area is 187 Å². The van der Waals surface area contributed by atoms with Crippen LogP contribution in [0.2, 0.25) is 0 Å². The molecular weight excluding hydrogens is 400 g/mol. The summed E-state index contributed by atoms with van der Waals surface area (Å²) in [7, 11) is 0. The third-order valence-corrected chi connectivity index (χ3v) is 6.24. The fourth-order valence-electron chi connectivity index (χ4n) is 4.72. The van der Waals surface area contributed by atoms with E-state index in [4.69, 9.17) is 0 Å². The van der Waals surface area contributed by atoms with Crippen molar-refractivity contribution in [3.05, 3.63) is 81.4 Å². The SMILES string of the molecule is Cc1cccc2cc(C(c3nnnn3C(C)(C)C)N3CCCc4ccccc43)c(=O)[nH]c12. The number of aryl methyl sites for hydroxylation is 2. The summed E-state index contributed by atoms with van der Waals surface area (Å²) in [6, 6.07) is 16.1. The molecule has 3 heterocycles. The quantitative estimate of drug-likeness (QED) is 0.531. The predicted octanol–water partition coefficient (Wildman–Crippen LogP) is 4.12. The third kappa shape index (κ3) is 3.38. The normalized spacial score (nSPS) is 15.1. The number of hydrogen-bond acceptors (Lipinski definition) is 5. The molecule has 1 aliphatic heterocycles. The van der Waals surface area contributed by atoms with Gasteiger partial charge in [-0.1, -0.05) is 36.4 Å². The van der Waals surface area contributed by atoms with Gasteiger partial charge in [0.15, 0.2) is 5.82 Å². The number of tetrazole rings is 1. The number of H-pyrrole nitrogens is 1. The van der Waals surface area contributed by atoms with E-state index in [1.165, 1.54) is 5.56 Å². The van der Waals surface area contributed by atoms with Crippen LogP contribution in [0.5, 0.6) is 0 Å². The highest BCUT2D eigenvalue weighted by Crippen LogP contribution is 2.37. The van der Waals surface area contributed by atoms with Crippen LogP contribution in [0.4, 0.5) is 5.69 Å². The van der Waals surface area contributed by atoms with Crippen LogP contribution in [-0.2, 0) is 12.0 Å². The van der Waals surface area contributed by atoms with Crippen molar-refractivity contribution in [2.24, 2.45) is 0 Å². The lowest BCUT2D eigenvalue weighted by molar-refractivity contribution is 0.329. The van der Waals surface area contributed by atoms with Crippen molar-refractivity contribution in [1.82, 2.24) is 25.2 Å². The highest BCUT2D eigenvalue weighted by Gasteiger charge is 2.35. The van der Waals surface area contributed by atoms with Gasteiger partial charge in [0.05, 0.1) is 11.1 Å². The van der Waals surface area contributed by atoms with Crippen LogP contribution in [0.25, 0.3) is 10.9 Å². The maximum absolute atomic E-state index is 13.5. The molecule has 0 aliphatic carbocycles. The largest absolute Gasteiger partial charge is 0.357 e. The van der Waals surface area contributed by atoms with E-state index in [0.29, 0.717) is 11.4 Å². The van der Waals surface area contributed by atoms with Crippen LogP contribution in [0.1, 0.15) is 55.7 Å². The lowest BCUT2D eigenvalue weighted by Gasteiger charge is -2.38. The lowest BCUT2D eigenvalue weighted by Crippen LogP contribution is -2.40. The van der Waals surface area contributed by atoms with Gasteiger partial charge in [-0.15, -0.1) is 5.10 Å². The Morgan fingerprint density at radius 2 is 1.91 bits per heavy atom. The number of nitrogens with zero attached hydrogens (tertiary/aromatic N) is 5. The molecule has 0 bridgehead atoms. The van der Waals surface area contributed by atoms with Gasteiger partial charge in [0.1, 0.15) is 6.04 Å². The van der Waals surface area contributed by atoms with E-state index in [2.05, 4.69) is 70.4 Å². The monoisotopic (exact) mass is 428 g/mol. The molecule has 1 aliphatic rings. The number of pyridine rings is 1. The van der Waals surface area contributed by atoms with E-state index < -0.39 is 6.04 Å². The summed E-state index contributed by atoms with van der Waals surface area (Å²) in [5.74, 6) is 0.673. The minimum absolute atomic E-state index is 0.108. The van der Waals surface area contributed by atoms with Crippen molar-refractivity contribution in [3.8, 4) is 0 Å². The molecule has 7 nitrogen and oxygen atoms in total. The zero-order valence-electron chi connectivity index (χ0n) is 19.0. The summed E-state index contributed by atoms with van der Waals surface area (Å²) in [6.07, 6.45) is 2.03. The molecule has 0 radical (unpaired) electrons. The molecule has 0 saturated heterocycles. The summed E-state index contributed by atoms with van der Waals surface area (Å²) in [4.78, 5) is 18.9. The zero-order valence-corrected chi connectivity index (χ0v) is 19.0. The summed E-state index contributed by atoms with van der Waals surface area (Å²) in [5, 5.41) is 13.8. The van der Waals surface area contributed by atoms with Gasteiger partial charge in [0.25, 0.3) is 5.56 Å². The van der Waals surface area contributed by atoms with Gasteiger partial charge in [-0.05, 0) is 79.6 Å². The lowest BCUT2D eigenvalue weighted by atomic mass is 9.95. The van der Waals surface area contributed by atoms with Crippen molar-refractivity contribution < 1.29 is 0 Å². The predicted molar refractivity (Wildman–Crippen MR) is 126 cm³/mol. The highest BCUT2D eigenvalue weighted by molar-refractivity contribution is 5.82. The van der Waals surface area contributed by atoms with Crippen LogP contribution in [0.15, 0.2) is 53.3 Å². The number of para-hydroxylation sites is 2. The fourth-order valence-corrected chi connectivity index (χ4v) is 4.72. The molecule has 0 spiro atoms. The molecule has 2 aromatic carbocycles. The minimum atomic E-state index is -0.403. The molecule has 1 N–H and O–H groups in total. The Morgan fingerprint density at radius 3 is 2.72 bits per heavy atom. The zero-order chi connectivity index (χ0) is 22.5. The molecule has 32 heavy (non-hydrogen) atoms. The molecule has 164 valence electrons. The Hall–Kier alpha value is -3.48. The first-order valence-corrected chi connectivity index (χ1v) is 11.1. The number of anilines is 1. The first-order valence-electron chi connectivity index (χ1n) is 11.1. The van der Waals surface area contributed by atoms with Crippen LogP contribution in [0, 0.1) is 6.92 Å². The molecular formula is C25H28N6O. The van der Waals surface area contributed by atoms with Gasteiger partial charge < -0.3 is 9.88 Å². The van der Waals surface area contributed by atoms with Gasteiger partial charge in [-0.2, -0.15) is 0 Å². The summed E-state index contributed by atoms with van der Waals surface area (Å²) >= 11 is 0. The number of rotatable bonds is 3. The highest BCUT2D eigenvalue weighted by atomic mass is 16.1. The maximum Gasteiger partial charge on any atom is 0.254 e. The number of nitrogens with one attached hydrogen (secondary N) is 1. The smallest absolute Gasteiger partial charge is 0.254 e. The van der Waals surface area contributed by atoms with E-state index in [0.717, 1.165) is 41.5 Å². The topological polar surface area (TPSA) is 79.7 Å². The van der Waals surface area contributed by atoms with Gasteiger partial charge in [0.2, 0.25) is 0 Å². The number of aromatic amines is 1. The molecule has 1 atom stereocenters. The van der Waals surface area contributed by atoms with Crippen LogP contribution in [-0.4, -0.2) is 31.7 Å². The van der Waals surface area contributed by atoms with Gasteiger partial charge >= 0.3 is 0 Å². The molecule has 1 unspecified atom stereocenters. The Balaban J connectivity index is 1.78. The molecule has 5 rings (SSSR count). The van der Waals surface area contributed by atoms with E-state index in [1.54, 1.807) is 0 Å². The fraction of sp³-hybridized carbons (Fsp3) is 0.360. The van der Waals surface area contributed by atoms with Gasteiger partial charge in [0, 0.05) is 17.8 Å². The second-order valence-electron chi connectivity index (χ2n) is 9.54. The van der Waals surface area contributed by atoms with Crippen molar-refractivity contribution in [3.63, 3.8) is 0 Å². The Kier molecular flexibility index (Phi) is 4.84. The molecule has 4 aromatic rings. The number of aromatic nitrogens is 5. The summed E-state index contributed by atoms with van der Waals surface area (Å²) in [6.45, 7) is 9.05. The minimum Gasteiger partial charge on any atom is -0.357 e. The first kappa shape index (κ1) is 20.4. The second-order valence-corrected chi connectivity index (χ2v) is 9.54. The summed E-state index contributed by atoms with van der Waals surface area (Å²) < 4.78 is 1.84. The number of hydrogen-bond donors (Lipinski definition) is 1. The molecule has 0 saturated carbocycles. The van der Waals surface area contributed by atoms with E-state index >= 15 is 0 Å². The first-order chi connectivity index (χ1) is 15.3. The van der Waals surface area contributed by atoms with Crippen molar-refractivity contribution in [2.45, 2.75) is 52.1 Å². The van der Waals surface area contributed by atoms with Crippen LogP contribution >= 0.6 is 0 Å². The van der Waals surface area contributed by atoms with E-state index in [-0.39, 0.29) is 11.1 Å². The Bertz CT molecular complexity index is 1350. The maximum atomic E-state index is 13.5. The third-order valence-electron chi connectivity index (χ3n) is 6.24. The van der Waals surface area contributed by atoms with Crippen LogP contribution < -0.4 is 10.5 Å². The average Bonchev–Trinajstić information content (AvgIpc) is 3.25. The molecule has 7 heteroatoms. The van der Waals surface area contributed by atoms with Crippen LogP contribution in [0.3, 0.4) is 0 Å². The van der Waals surface area contributed by atoms with E-state index in [1.807, 2.05) is 35.9 Å². The molecule has 0 amide bonds. The number of fused-ring (bicyclic) bond motifs is 2. The summed E-state index contributed by atoms with van der Waals surface area (Å²) in [5.41, 5.74) is 4.55. The van der Waals surface area contributed by atoms with Crippen molar-refractivity contribution >= 4 is 16.6 Å².